The summed E-state index contributed by atoms with van der Waals surface area (Å²) in [5.41, 5.74) is 6.38. The van der Waals surface area contributed by atoms with E-state index in [1.165, 1.54) is 54.1 Å². The standard InChI is InChI=1S/C51H30N4/c1-4-17-36-31(12-1)15-9-23-42(36)50-52-49(53-51(54-50)43-24-10-16-32-13-2-5-18-37(32)43)33-26-28-35(29-27-33)55-44-25-11-22-41-39-20-7-8-21-40(39)46-38-19-6-3-14-34(38)30-45(55)48(46)47(41)44/h1-30H. The Morgan fingerprint density at radius 2 is 0.800 bits per heavy atom. The second-order valence-corrected chi connectivity index (χ2v) is 14.4. The maximum absolute atomic E-state index is 5.18. The van der Waals surface area contributed by atoms with Gasteiger partial charge in [0.1, 0.15) is 0 Å². The van der Waals surface area contributed by atoms with Gasteiger partial charge in [-0.25, -0.2) is 15.0 Å². The van der Waals surface area contributed by atoms with Crippen molar-refractivity contribution in [2.24, 2.45) is 0 Å². The lowest BCUT2D eigenvalue weighted by molar-refractivity contribution is 1.08. The molecule has 12 rings (SSSR count). The van der Waals surface area contributed by atoms with Gasteiger partial charge in [-0.1, -0.05) is 146 Å². The van der Waals surface area contributed by atoms with Crippen molar-refractivity contribution in [1.29, 1.82) is 0 Å². The fourth-order valence-corrected chi connectivity index (χ4v) is 8.95. The minimum absolute atomic E-state index is 0.638. The minimum atomic E-state index is 0.638. The van der Waals surface area contributed by atoms with Crippen LogP contribution >= 0.6 is 0 Å². The SMILES string of the molecule is c1ccc2c(-c3nc(-c4ccc(-n5c6cccc7c8ccccc8c8c9ccccc9cc5c8c76)cc4)nc(-c4cccc5ccccc45)n3)cccc2c1. The fourth-order valence-electron chi connectivity index (χ4n) is 8.95. The molecule has 0 fully saturated rings. The molecule has 0 amide bonds. The first-order valence-corrected chi connectivity index (χ1v) is 18.7. The van der Waals surface area contributed by atoms with Crippen LogP contribution in [0.1, 0.15) is 0 Å². The van der Waals surface area contributed by atoms with Crippen molar-refractivity contribution in [3.63, 3.8) is 0 Å². The molecule has 12 aromatic rings. The van der Waals surface area contributed by atoms with Gasteiger partial charge >= 0.3 is 0 Å². The second-order valence-electron chi connectivity index (χ2n) is 14.4. The summed E-state index contributed by atoms with van der Waals surface area (Å²) in [5.74, 6) is 1.95. The maximum atomic E-state index is 5.18. The molecule has 0 N–H and O–H groups in total. The lowest BCUT2D eigenvalue weighted by atomic mass is 9.91. The van der Waals surface area contributed by atoms with E-state index in [0.29, 0.717) is 17.5 Å². The Hall–Kier alpha value is -7.43. The van der Waals surface area contributed by atoms with Gasteiger partial charge in [0.25, 0.3) is 0 Å². The molecule has 0 aliphatic heterocycles. The Morgan fingerprint density at radius 1 is 0.309 bits per heavy atom. The lowest BCUT2D eigenvalue weighted by Crippen LogP contribution is -2.01. The first-order chi connectivity index (χ1) is 27.3. The molecule has 0 aliphatic carbocycles. The molecule has 0 unspecified atom stereocenters. The van der Waals surface area contributed by atoms with Crippen LogP contribution in [-0.2, 0) is 0 Å². The van der Waals surface area contributed by atoms with Gasteiger partial charge in [-0.3, -0.25) is 0 Å². The number of fused-ring (bicyclic) bond motifs is 7. The molecule has 0 bridgehead atoms. The van der Waals surface area contributed by atoms with Crippen LogP contribution in [0.2, 0.25) is 0 Å². The molecule has 2 heterocycles. The first kappa shape index (κ1) is 30.1. The highest BCUT2D eigenvalue weighted by molar-refractivity contribution is 6.39. The van der Waals surface area contributed by atoms with Gasteiger partial charge in [0.05, 0.1) is 11.0 Å². The van der Waals surface area contributed by atoms with E-state index in [1.54, 1.807) is 0 Å². The van der Waals surface area contributed by atoms with Crippen molar-refractivity contribution >= 4 is 75.7 Å². The number of hydrogen-bond donors (Lipinski definition) is 0. The normalized spacial score (nSPS) is 12.0. The van der Waals surface area contributed by atoms with Crippen LogP contribution < -0.4 is 0 Å². The summed E-state index contributed by atoms with van der Waals surface area (Å²) in [5, 5.41) is 14.8. The van der Waals surface area contributed by atoms with E-state index in [9.17, 15) is 0 Å². The van der Waals surface area contributed by atoms with E-state index < -0.39 is 0 Å². The zero-order chi connectivity index (χ0) is 36.0. The highest BCUT2D eigenvalue weighted by atomic mass is 15.0. The summed E-state index contributed by atoms with van der Waals surface area (Å²) < 4.78 is 2.43. The number of aromatic nitrogens is 4. The summed E-state index contributed by atoms with van der Waals surface area (Å²) in [6.45, 7) is 0. The first-order valence-electron chi connectivity index (χ1n) is 18.7. The molecular formula is C51H30N4. The van der Waals surface area contributed by atoms with Crippen LogP contribution in [0.15, 0.2) is 182 Å². The Kier molecular flexibility index (Phi) is 6.31. The minimum Gasteiger partial charge on any atom is -0.309 e. The maximum Gasteiger partial charge on any atom is 0.164 e. The second kappa shape index (κ2) is 11.5. The Morgan fingerprint density at radius 3 is 1.47 bits per heavy atom. The van der Waals surface area contributed by atoms with Crippen molar-refractivity contribution in [2.45, 2.75) is 0 Å². The van der Waals surface area contributed by atoms with Gasteiger partial charge < -0.3 is 4.57 Å². The van der Waals surface area contributed by atoms with Gasteiger partial charge in [0.15, 0.2) is 17.5 Å². The predicted molar refractivity (Wildman–Crippen MR) is 229 cm³/mol. The molecule has 4 nitrogen and oxygen atoms in total. The average molecular weight is 699 g/mol. The molecule has 254 valence electrons. The van der Waals surface area contributed by atoms with Gasteiger partial charge in [0.2, 0.25) is 0 Å². The summed E-state index contributed by atoms with van der Waals surface area (Å²) >= 11 is 0. The Labute approximate surface area is 315 Å². The number of hydrogen-bond acceptors (Lipinski definition) is 3. The monoisotopic (exact) mass is 698 g/mol. The van der Waals surface area contributed by atoms with Crippen LogP contribution in [0.25, 0.3) is 116 Å². The molecule has 0 spiro atoms. The summed E-state index contributed by atoms with van der Waals surface area (Å²) in [7, 11) is 0. The topological polar surface area (TPSA) is 43.6 Å². The van der Waals surface area contributed by atoms with Crippen LogP contribution in [0.5, 0.6) is 0 Å². The summed E-state index contributed by atoms with van der Waals surface area (Å²) in [4.78, 5) is 15.5. The van der Waals surface area contributed by atoms with Crippen molar-refractivity contribution in [3.05, 3.63) is 182 Å². The summed E-state index contributed by atoms with van der Waals surface area (Å²) in [6.07, 6.45) is 0. The largest absolute Gasteiger partial charge is 0.309 e. The van der Waals surface area contributed by atoms with E-state index in [4.69, 9.17) is 15.0 Å². The van der Waals surface area contributed by atoms with Crippen molar-refractivity contribution < 1.29 is 0 Å². The molecule has 2 aromatic heterocycles. The third-order valence-electron chi connectivity index (χ3n) is 11.4. The Balaban J connectivity index is 1.09. The van der Waals surface area contributed by atoms with E-state index in [-0.39, 0.29) is 0 Å². The average Bonchev–Trinajstić information content (AvgIpc) is 3.59. The zero-order valence-corrected chi connectivity index (χ0v) is 29.6. The van der Waals surface area contributed by atoms with Gasteiger partial charge in [-0.2, -0.15) is 0 Å². The van der Waals surface area contributed by atoms with Crippen LogP contribution in [0, 0.1) is 0 Å². The Bertz CT molecular complexity index is 3370. The molecular weight excluding hydrogens is 669 g/mol. The van der Waals surface area contributed by atoms with Crippen LogP contribution in [0.4, 0.5) is 0 Å². The molecule has 10 aromatic carbocycles. The molecule has 4 heteroatoms. The van der Waals surface area contributed by atoms with E-state index >= 15 is 0 Å². The highest BCUT2D eigenvalue weighted by Crippen LogP contribution is 2.46. The van der Waals surface area contributed by atoms with Gasteiger partial charge in [-0.05, 0) is 84.9 Å². The lowest BCUT2D eigenvalue weighted by Gasteiger charge is -2.13. The van der Waals surface area contributed by atoms with Crippen LogP contribution in [0.3, 0.4) is 0 Å². The quantitative estimate of drug-likeness (QED) is 0.172. The molecule has 55 heavy (non-hydrogen) atoms. The highest BCUT2D eigenvalue weighted by Gasteiger charge is 2.22. The third-order valence-corrected chi connectivity index (χ3v) is 11.4. The molecule has 0 radical (unpaired) electrons. The van der Waals surface area contributed by atoms with Crippen LogP contribution in [-0.4, -0.2) is 19.5 Å². The molecule has 0 aliphatic rings. The van der Waals surface area contributed by atoms with E-state index in [1.807, 2.05) is 0 Å². The van der Waals surface area contributed by atoms with Gasteiger partial charge in [0, 0.05) is 38.5 Å². The van der Waals surface area contributed by atoms with E-state index in [0.717, 1.165) is 43.9 Å². The molecule has 0 atom stereocenters. The smallest absolute Gasteiger partial charge is 0.164 e. The fraction of sp³-hybridized carbons (Fsp3) is 0. The summed E-state index contributed by atoms with van der Waals surface area (Å²) in [6, 6.07) is 64.9. The van der Waals surface area contributed by atoms with Crippen molar-refractivity contribution in [3.8, 4) is 39.9 Å². The van der Waals surface area contributed by atoms with E-state index in [2.05, 4.69) is 187 Å². The number of rotatable bonds is 4. The number of benzene rings is 10. The number of nitrogens with zero attached hydrogens (tertiary/aromatic N) is 4. The predicted octanol–water partition coefficient (Wildman–Crippen LogP) is 13.2. The molecule has 0 saturated heterocycles. The van der Waals surface area contributed by atoms with Gasteiger partial charge in [-0.15, -0.1) is 0 Å². The van der Waals surface area contributed by atoms with Crippen molar-refractivity contribution in [1.82, 2.24) is 19.5 Å². The van der Waals surface area contributed by atoms with Crippen molar-refractivity contribution in [2.75, 3.05) is 0 Å². The molecule has 0 saturated carbocycles. The zero-order valence-electron chi connectivity index (χ0n) is 29.6. The third kappa shape index (κ3) is 4.43.